The van der Waals surface area contributed by atoms with Crippen molar-refractivity contribution in [1.82, 2.24) is 4.98 Å². The van der Waals surface area contributed by atoms with Crippen LogP contribution in [-0.2, 0) is 10.2 Å². The fourth-order valence-corrected chi connectivity index (χ4v) is 3.16. The van der Waals surface area contributed by atoms with Gasteiger partial charge in [-0.25, -0.2) is 0 Å². The Morgan fingerprint density at radius 1 is 1.23 bits per heavy atom. The maximum Gasteiger partial charge on any atom is 0.171 e. The van der Waals surface area contributed by atoms with E-state index >= 15 is 0 Å². The van der Waals surface area contributed by atoms with Crippen LogP contribution in [0.25, 0.3) is 22.4 Å². The van der Waals surface area contributed by atoms with Crippen LogP contribution < -0.4 is 0 Å². The fourth-order valence-electron chi connectivity index (χ4n) is 2.97. The van der Waals surface area contributed by atoms with Crippen LogP contribution >= 0.6 is 11.6 Å². The molecule has 0 bridgehead atoms. The first-order chi connectivity index (χ1) is 10.6. The minimum absolute atomic E-state index is 0.239. The topological polar surface area (TPSA) is 43.1 Å². The van der Waals surface area contributed by atoms with Gasteiger partial charge in [-0.3, -0.25) is 9.78 Å². The molecular weight excluding hydrogens is 298 g/mol. The van der Waals surface area contributed by atoms with Crippen molar-refractivity contribution in [2.24, 2.45) is 0 Å². The number of fused-ring (bicyclic) bond motifs is 1. The zero-order valence-electron chi connectivity index (χ0n) is 12.1. The molecule has 1 saturated carbocycles. The smallest absolute Gasteiger partial charge is 0.171 e. The molecule has 0 N–H and O–H groups in total. The molecule has 4 rings (SSSR count). The van der Waals surface area contributed by atoms with Crippen molar-refractivity contribution in [2.45, 2.75) is 25.2 Å². The number of hydrogen-bond donors (Lipinski definition) is 0. The number of aromatic nitrogens is 1. The number of halogens is 1. The first-order valence-electron chi connectivity index (χ1n) is 7.26. The molecule has 1 aliphatic carbocycles. The fraction of sp³-hybridized carbons (Fsp3) is 0.222. The molecule has 0 unspecified atom stereocenters. The van der Waals surface area contributed by atoms with Gasteiger partial charge >= 0.3 is 0 Å². The molecule has 1 aromatic carbocycles. The number of furan rings is 1. The van der Waals surface area contributed by atoms with Gasteiger partial charge in [0.25, 0.3) is 0 Å². The molecule has 2 aromatic heterocycles. The summed E-state index contributed by atoms with van der Waals surface area (Å²) in [5.74, 6) is 0.981. The highest BCUT2D eigenvalue weighted by Crippen LogP contribution is 2.49. The maximum atomic E-state index is 11.8. The highest BCUT2D eigenvalue weighted by molar-refractivity contribution is 6.34. The highest BCUT2D eigenvalue weighted by Gasteiger charge is 2.48. The number of carbonyl (C=O) groups excluding carboxylic acids is 1. The van der Waals surface area contributed by atoms with Crippen LogP contribution in [0.3, 0.4) is 0 Å². The van der Waals surface area contributed by atoms with Crippen molar-refractivity contribution >= 4 is 28.5 Å². The second-order valence-corrected chi connectivity index (χ2v) is 6.24. The van der Waals surface area contributed by atoms with Gasteiger partial charge in [-0.15, -0.1) is 0 Å². The standard InChI is InChI=1S/C18H14ClNO2/c1-11(21)18(7-8-18)13-4-2-12(3-5-13)16-10-15-17(22-16)14(19)6-9-20-15/h2-6,9-10H,7-8H2,1H3. The van der Waals surface area contributed by atoms with Gasteiger partial charge in [0.2, 0.25) is 0 Å². The predicted octanol–water partition coefficient (Wildman–Crippen LogP) is 4.77. The van der Waals surface area contributed by atoms with Gasteiger partial charge in [0.15, 0.2) is 5.58 Å². The number of benzene rings is 1. The number of hydrogen-bond acceptors (Lipinski definition) is 3. The zero-order chi connectivity index (χ0) is 15.3. The molecule has 22 heavy (non-hydrogen) atoms. The van der Waals surface area contributed by atoms with Crippen molar-refractivity contribution in [3.05, 3.63) is 53.2 Å². The van der Waals surface area contributed by atoms with E-state index in [9.17, 15) is 4.79 Å². The molecule has 1 aliphatic rings. The summed E-state index contributed by atoms with van der Waals surface area (Å²) in [6, 6.07) is 11.6. The van der Waals surface area contributed by atoms with E-state index in [4.69, 9.17) is 16.0 Å². The summed E-state index contributed by atoms with van der Waals surface area (Å²) >= 11 is 6.11. The molecule has 0 spiro atoms. The van der Waals surface area contributed by atoms with Crippen LogP contribution in [-0.4, -0.2) is 10.8 Å². The largest absolute Gasteiger partial charge is 0.453 e. The number of rotatable bonds is 3. The number of nitrogens with zero attached hydrogens (tertiary/aromatic N) is 1. The number of ketones is 1. The lowest BCUT2D eigenvalue weighted by atomic mass is 9.91. The van der Waals surface area contributed by atoms with E-state index in [0.29, 0.717) is 10.6 Å². The maximum absolute atomic E-state index is 11.8. The molecule has 1 fully saturated rings. The van der Waals surface area contributed by atoms with Crippen LogP contribution in [0.5, 0.6) is 0 Å². The lowest BCUT2D eigenvalue weighted by Gasteiger charge is -2.11. The second-order valence-electron chi connectivity index (χ2n) is 5.83. The van der Waals surface area contributed by atoms with Crippen LogP contribution in [0.1, 0.15) is 25.3 Å². The molecule has 2 heterocycles. The Morgan fingerprint density at radius 3 is 2.55 bits per heavy atom. The molecule has 4 heteroatoms. The van der Waals surface area contributed by atoms with Crippen molar-refractivity contribution in [2.75, 3.05) is 0 Å². The van der Waals surface area contributed by atoms with Crippen molar-refractivity contribution in [3.8, 4) is 11.3 Å². The summed E-state index contributed by atoms with van der Waals surface area (Å²) in [6.07, 6.45) is 3.56. The predicted molar refractivity (Wildman–Crippen MR) is 86.0 cm³/mol. The molecule has 0 saturated heterocycles. The Hall–Kier alpha value is -2.13. The first kappa shape index (κ1) is 13.5. The molecule has 3 aromatic rings. The van der Waals surface area contributed by atoms with E-state index in [1.54, 1.807) is 19.2 Å². The third-order valence-electron chi connectivity index (χ3n) is 4.51. The van der Waals surface area contributed by atoms with Gasteiger partial charge in [-0.05, 0) is 31.4 Å². The molecule has 0 radical (unpaired) electrons. The summed E-state index contributed by atoms with van der Waals surface area (Å²) in [4.78, 5) is 16.1. The monoisotopic (exact) mass is 311 g/mol. The van der Waals surface area contributed by atoms with Crippen LogP contribution in [0.15, 0.2) is 47.0 Å². The van der Waals surface area contributed by atoms with Crippen LogP contribution in [0, 0.1) is 0 Å². The van der Waals surface area contributed by atoms with Crippen LogP contribution in [0.2, 0.25) is 5.02 Å². The van der Waals surface area contributed by atoms with E-state index in [-0.39, 0.29) is 11.2 Å². The molecular formula is C18H14ClNO2. The van der Waals surface area contributed by atoms with Gasteiger partial charge in [0.1, 0.15) is 17.1 Å². The number of carbonyl (C=O) groups is 1. The Bertz CT molecular complexity index is 876. The SMILES string of the molecule is CC(=O)C1(c2ccc(-c3cc4nccc(Cl)c4o3)cc2)CC1. The zero-order valence-corrected chi connectivity index (χ0v) is 12.9. The average Bonchev–Trinajstić information content (AvgIpc) is 3.22. The van der Waals surface area contributed by atoms with Gasteiger partial charge in [0, 0.05) is 17.8 Å². The van der Waals surface area contributed by atoms with Gasteiger partial charge in [0.05, 0.1) is 10.4 Å². The Kier molecular flexibility index (Phi) is 2.88. The molecule has 0 aliphatic heterocycles. The Labute approximate surface area is 132 Å². The minimum Gasteiger partial charge on any atom is -0.453 e. The van der Waals surface area contributed by atoms with Crippen LogP contribution in [0.4, 0.5) is 0 Å². The normalized spacial score (nSPS) is 15.9. The highest BCUT2D eigenvalue weighted by atomic mass is 35.5. The van der Waals surface area contributed by atoms with Gasteiger partial charge < -0.3 is 4.42 Å². The van der Waals surface area contributed by atoms with E-state index in [2.05, 4.69) is 4.98 Å². The summed E-state index contributed by atoms with van der Waals surface area (Å²) in [6.45, 7) is 1.67. The van der Waals surface area contributed by atoms with Crippen molar-refractivity contribution in [1.29, 1.82) is 0 Å². The first-order valence-corrected chi connectivity index (χ1v) is 7.64. The molecule has 0 amide bonds. The van der Waals surface area contributed by atoms with Gasteiger partial charge in [-0.2, -0.15) is 0 Å². The Balaban J connectivity index is 1.73. The second kappa shape index (κ2) is 4.68. The third-order valence-corrected chi connectivity index (χ3v) is 4.81. The Morgan fingerprint density at radius 2 is 1.95 bits per heavy atom. The quantitative estimate of drug-likeness (QED) is 0.700. The lowest BCUT2D eigenvalue weighted by molar-refractivity contribution is -0.119. The molecule has 3 nitrogen and oxygen atoms in total. The molecule has 0 atom stereocenters. The molecule has 110 valence electrons. The van der Waals surface area contributed by atoms with E-state index < -0.39 is 0 Å². The van der Waals surface area contributed by atoms with E-state index in [0.717, 1.165) is 35.2 Å². The van der Waals surface area contributed by atoms with E-state index in [1.807, 2.05) is 30.3 Å². The number of pyridine rings is 1. The summed E-state index contributed by atoms with van der Waals surface area (Å²) in [5, 5.41) is 0.557. The van der Waals surface area contributed by atoms with E-state index in [1.165, 1.54) is 0 Å². The summed E-state index contributed by atoms with van der Waals surface area (Å²) in [7, 11) is 0. The lowest BCUT2D eigenvalue weighted by Crippen LogP contribution is -2.16. The summed E-state index contributed by atoms with van der Waals surface area (Å²) in [5.41, 5.74) is 3.16. The summed E-state index contributed by atoms with van der Waals surface area (Å²) < 4.78 is 5.81. The van der Waals surface area contributed by atoms with Crippen molar-refractivity contribution in [3.63, 3.8) is 0 Å². The third kappa shape index (κ3) is 1.97. The van der Waals surface area contributed by atoms with Crippen molar-refractivity contribution < 1.29 is 9.21 Å². The van der Waals surface area contributed by atoms with Gasteiger partial charge in [-0.1, -0.05) is 35.9 Å². The average molecular weight is 312 g/mol. The number of Topliss-reactive ketones (excluding diaryl/α,β-unsaturated/α-hetero) is 1. The minimum atomic E-state index is -0.239.